The van der Waals surface area contributed by atoms with Crippen molar-refractivity contribution in [2.45, 2.75) is 0 Å². The zero-order chi connectivity index (χ0) is 13.1. The van der Waals surface area contributed by atoms with Gasteiger partial charge in [-0.2, -0.15) is 0 Å². The first kappa shape index (κ1) is 11.8. The maximum Gasteiger partial charge on any atom is 0.321 e. The van der Waals surface area contributed by atoms with E-state index in [9.17, 15) is 0 Å². The molecule has 0 spiro atoms. The van der Waals surface area contributed by atoms with E-state index < -0.39 is 0 Å². The van der Waals surface area contributed by atoms with Gasteiger partial charge in [0.15, 0.2) is 0 Å². The van der Waals surface area contributed by atoms with Gasteiger partial charge in [-0.05, 0) is 28.1 Å². The van der Waals surface area contributed by atoms with Crippen LogP contribution in [0.15, 0.2) is 53.5 Å². The fourth-order valence-corrected chi connectivity index (χ4v) is 1.70. The fourth-order valence-electron chi connectivity index (χ4n) is 1.49. The Morgan fingerprint density at radius 2 is 2.00 bits per heavy atom. The van der Waals surface area contributed by atoms with Gasteiger partial charge in [0.05, 0.1) is 22.6 Å². The van der Waals surface area contributed by atoms with Crippen LogP contribution in [0.2, 0.25) is 0 Å². The second kappa shape index (κ2) is 5.15. The van der Waals surface area contributed by atoms with E-state index in [2.05, 4.69) is 36.2 Å². The van der Waals surface area contributed by atoms with Crippen LogP contribution in [0.3, 0.4) is 0 Å². The molecule has 2 heterocycles. The van der Waals surface area contributed by atoms with Gasteiger partial charge in [0, 0.05) is 18.5 Å². The lowest BCUT2D eigenvalue weighted by Crippen LogP contribution is -1.96. The lowest BCUT2D eigenvalue weighted by atomic mass is 10.3. The van der Waals surface area contributed by atoms with Crippen molar-refractivity contribution in [2.24, 2.45) is 0 Å². The van der Waals surface area contributed by atoms with Crippen molar-refractivity contribution < 1.29 is 4.74 Å². The molecule has 0 aliphatic rings. The molecule has 0 saturated heterocycles. The monoisotopic (exact) mass is 317 g/mol. The second-order valence-electron chi connectivity index (χ2n) is 3.63. The normalized spacial score (nSPS) is 10.4. The summed E-state index contributed by atoms with van der Waals surface area (Å²) in [5, 5.41) is 7.68. The Balaban J connectivity index is 1.85. The zero-order valence-corrected chi connectivity index (χ0v) is 11.2. The van der Waals surface area contributed by atoms with Crippen molar-refractivity contribution in [1.82, 2.24) is 25.0 Å². The Labute approximate surface area is 117 Å². The number of nitrogens with zero attached hydrogens (tertiary/aromatic N) is 5. The molecular weight excluding hydrogens is 310 g/mol. The van der Waals surface area contributed by atoms with Gasteiger partial charge in [0.2, 0.25) is 0 Å². The van der Waals surface area contributed by atoms with E-state index in [0.717, 1.165) is 10.2 Å². The van der Waals surface area contributed by atoms with Crippen LogP contribution in [0.1, 0.15) is 0 Å². The molecule has 0 saturated carbocycles. The van der Waals surface area contributed by atoms with Gasteiger partial charge < -0.3 is 4.74 Å². The van der Waals surface area contributed by atoms with Crippen LogP contribution in [-0.4, -0.2) is 25.0 Å². The van der Waals surface area contributed by atoms with Crippen LogP contribution in [0.5, 0.6) is 11.8 Å². The second-order valence-corrected chi connectivity index (χ2v) is 4.55. The number of rotatable bonds is 3. The summed E-state index contributed by atoms with van der Waals surface area (Å²) in [6.45, 7) is 0. The molecule has 0 aliphatic heterocycles. The van der Waals surface area contributed by atoms with Crippen molar-refractivity contribution >= 4 is 15.9 Å². The molecule has 0 bridgehead atoms. The average Bonchev–Trinajstić information content (AvgIpc) is 2.96. The summed E-state index contributed by atoms with van der Waals surface area (Å²) in [5.74, 6) is 0.635. The van der Waals surface area contributed by atoms with Gasteiger partial charge in [-0.25, -0.2) is 14.6 Å². The average molecular weight is 318 g/mol. The molecule has 0 fully saturated rings. The summed E-state index contributed by atoms with van der Waals surface area (Å²) in [6.07, 6.45) is 6.63. The first-order valence-corrected chi connectivity index (χ1v) is 6.23. The van der Waals surface area contributed by atoms with Crippen LogP contribution in [0.4, 0.5) is 0 Å². The van der Waals surface area contributed by atoms with E-state index in [1.165, 1.54) is 0 Å². The molecule has 94 valence electrons. The highest BCUT2D eigenvalue weighted by Gasteiger charge is 2.03. The molecule has 0 unspecified atom stereocenters. The van der Waals surface area contributed by atoms with Gasteiger partial charge in [-0.15, -0.1) is 5.10 Å². The largest absolute Gasteiger partial charge is 0.424 e. The Morgan fingerprint density at radius 1 is 1.16 bits per heavy atom. The van der Waals surface area contributed by atoms with Gasteiger partial charge in [-0.1, -0.05) is 11.3 Å². The van der Waals surface area contributed by atoms with Crippen molar-refractivity contribution in [3.63, 3.8) is 0 Å². The first-order valence-electron chi connectivity index (χ1n) is 5.43. The van der Waals surface area contributed by atoms with Crippen molar-refractivity contribution in [3.8, 4) is 17.4 Å². The molecule has 0 amide bonds. The summed E-state index contributed by atoms with van der Waals surface area (Å²) in [4.78, 5) is 8.10. The predicted octanol–water partition coefficient (Wildman–Crippen LogP) is 2.61. The number of hydrogen-bond donors (Lipinski definition) is 0. The number of ether oxygens (including phenoxy) is 1. The van der Waals surface area contributed by atoms with Crippen LogP contribution >= 0.6 is 15.9 Å². The molecule has 3 aromatic rings. The third-order valence-corrected chi connectivity index (χ3v) is 2.72. The molecule has 0 radical (unpaired) electrons. The maximum absolute atomic E-state index is 5.57. The van der Waals surface area contributed by atoms with E-state index in [0.29, 0.717) is 11.8 Å². The first-order chi connectivity index (χ1) is 9.31. The van der Waals surface area contributed by atoms with E-state index in [1.54, 1.807) is 29.5 Å². The zero-order valence-electron chi connectivity index (χ0n) is 9.64. The van der Waals surface area contributed by atoms with E-state index in [4.69, 9.17) is 4.74 Å². The number of hydrogen-bond acceptors (Lipinski definition) is 5. The fraction of sp³-hybridized carbons (Fsp3) is 0. The third-order valence-electron chi connectivity index (χ3n) is 2.31. The van der Waals surface area contributed by atoms with Crippen LogP contribution in [-0.2, 0) is 0 Å². The van der Waals surface area contributed by atoms with E-state index >= 15 is 0 Å². The standard InChI is InChI=1S/C12H8BrN5O/c13-9-7-14-12(15-8-9)19-11-3-1-2-10(6-11)18-5-4-16-17-18/h1-8H. The van der Waals surface area contributed by atoms with E-state index in [-0.39, 0.29) is 0 Å². The Bertz CT molecular complexity index is 669. The highest BCUT2D eigenvalue weighted by molar-refractivity contribution is 9.10. The Kier molecular flexibility index (Phi) is 3.20. The Morgan fingerprint density at radius 3 is 2.74 bits per heavy atom. The number of aromatic nitrogens is 5. The predicted molar refractivity (Wildman–Crippen MR) is 71.2 cm³/mol. The molecule has 0 atom stereocenters. The summed E-state index contributed by atoms with van der Waals surface area (Å²) in [5.41, 5.74) is 0.854. The smallest absolute Gasteiger partial charge is 0.321 e. The molecule has 1 aromatic carbocycles. The van der Waals surface area contributed by atoms with Gasteiger partial charge in [-0.3, -0.25) is 0 Å². The van der Waals surface area contributed by atoms with Crippen LogP contribution < -0.4 is 4.74 Å². The lowest BCUT2D eigenvalue weighted by molar-refractivity contribution is 0.441. The van der Waals surface area contributed by atoms with Gasteiger partial charge in [0.1, 0.15) is 5.75 Å². The topological polar surface area (TPSA) is 65.7 Å². The number of halogens is 1. The molecule has 7 heteroatoms. The lowest BCUT2D eigenvalue weighted by Gasteiger charge is -2.05. The third kappa shape index (κ3) is 2.76. The summed E-state index contributed by atoms with van der Waals surface area (Å²) in [7, 11) is 0. The van der Waals surface area contributed by atoms with Crippen LogP contribution in [0.25, 0.3) is 5.69 Å². The highest BCUT2D eigenvalue weighted by atomic mass is 79.9. The van der Waals surface area contributed by atoms with Gasteiger partial charge >= 0.3 is 6.01 Å². The molecule has 0 N–H and O–H groups in total. The summed E-state index contributed by atoms with van der Waals surface area (Å²) >= 11 is 3.27. The molecule has 19 heavy (non-hydrogen) atoms. The quantitative estimate of drug-likeness (QED) is 0.743. The number of benzene rings is 1. The summed E-state index contributed by atoms with van der Waals surface area (Å²) in [6, 6.07) is 7.72. The minimum Gasteiger partial charge on any atom is -0.424 e. The molecule has 2 aromatic heterocycles. The molecule has 6 nitrogen and oxygen atoms in total. The SMILES string of the molecule is Brc1cnc(Oc2cccc(-n3ccnn3)c2)nc1. The van der Waals surface area contributed by atoms with Crippen molar-refractivity contribution in [2.75, 3.05) is 0 Å². The van der Waals surface area contributed by atoms with Crippen molar-refractivity contribution in [3.05, 3.63) is 53.5 Å². The van der Waals surface area contributed by atoms with E-state index in [1.807, 2.05) is 24.3 Å². The molecule has 0 aliphatic carbocycles. The Hall–Kier alpha value is -2.28. The summed E-state index contributed by atoms with van der Waals surface area (Å²) < 4.78 is 8.02. The van der Waals surface area contributed by atoms with Crippen LogP contribution in [0, 0.1) is 0 Å². The minimum absolute atomic E-state index is 0.291. The highest BCUT2D eigenvalue weighted by Crippen LogP contribution is 2.20. The molecular formula is C12H8BrN5O. The maximum atomic E-state index is 5.57. The van der Waals surface area contributed by atoms with Crippen molar-refractivity contribution in [1.29, 1.82) is 0 Å². The molecule has 3 rings (SSSR count). The van der Waals surface area contributed by atoms with Gasteiger partial charge in [0.25, 0.3) is 0 Å². The minimum atomic E-state index is 0.291.